The van der Waals surface area contributed by atoms with Gasteiger partial charge in [-0.1, -0.05) is 11.6 Å². The minimum absolute atomic E-state index is 0.0590. The highest BCUT2D eigenvalue weighted by molar-refractivity contribution is 9.10. The molecule has 5 heteroatoms. The summed E-state index contributed by atoms with van der Waals surface area (Å²) in [5.74, 6) is 2.91. The largest absolute Gasteiger partial charge is 0.352 e. The predicted octanol–water partition coefficient (Wildman–Crippen LogP) is 3.59. The number of nitrogens with one attached hydrogen (secondary N) is 1. The molecule has 1 heterocycles. The van der Waals surface area contributed by atoms with E-state index in [4.69, 9.17) is 11.6 Å². The van der Waals surface area contributed by atoms with E-state index in [2.05, 4.69) is 21.2 Å². The van der Waals surface area contributed by atoms with Crippen molar-refractivity contribution in [2.24, 2.45) is 5.92 Å². The molecule has 1 saturated heterocycles. The molecule has 1 N–H and O–H groups in total. The molecule has 0 bridgehead atoms. The Kier molecular flexibility index (Phi) is 4.77. The van der Waals surface area contributed by atoms with Crippen LogP contribution in [0.5, 0.6) is 0 Å². The van der Waals surface area contributed by atoms with E-state index in [-0.39, 0.29) is 5.91 Å². The smallest absolute Gasteiger partial charge is 0.252 e. The summed E-state index contributed by atoms with van der Waals surface area (Å²) in [6.45, 7) is 0.755. The molecular weight excluding hydrogens is 322 g/mol. The van der Waals surface area contributed by atoms with Crippen LogP contribution >= 0.6 is 39.3 Å². The number of carbonyl (C=O) groups is 1. The third kappa shape index (κ3) is 3.63. The number of amides is 1. The zero-order chi connectivity index (χ0) is 12.3. The summed E-state index contributed by atoms with van der Waals surface area (Å²) in [6.07, 6.45) is 1.20. The van der Waals surface area contributed by atoms with E-state index in [0.717, 1.165) is 16.8 Å². The Labute approximate surface area is 119 Å². The molecule has 92 valence electrons. The lowest BCUT2D eigenvalue weighted by atomic mass is 10.1. The Balaban J connectivity index is 1.96. The van der Waals surface area contributed by atoms with E-state index in [1.54, 1.807) is 18.2 Å². The van der Waals surface area contributed by atoms with E-state index in [9.17, 15) is 4.79 Å². The van der Waals surface area contributed by atoms with Crippen molar-refractivity contribution >= 4 is 45.2 Å². The molecule has 1 aliphatic rings. The van der Waals surface area contributed by atoms with Gasteiger partial charge >= 0.3 is 0 Å². The minimum atomic E-state index is -0.0590. The van der Waals surface area contributed by atoms with Gasteiger partial charge in [-0.3, -0.25) is 4.79 Å². The second-order valence-corrected chi connectivity index (χ2v) is 6.50. The van der Waals surface area contributed by atoms with Gasteiger partial charge in [0.2, 0.25) is 0 Å². The lowest BCUT2D eigenvalue weighted by molar-refractivity contribution is 0.0948. The van der Waals surface area contributed by atoms with Crippen LogP contribution < -0.4 is 5.32 Å². The molecule has 0 spiro atoms. The fourth-order valence-electron chi connectivity index (χ4n) is 1.75. The zero-order valence-electron chi connectivity index (χ0n) is 9.21. The molecule has 2 rings (SSSR count). The molecular formula is C12H13BrClNOS. The maximum atomic E-state index is 12.0. The average Bonchev–Trinajstić information content (AvgIpc) is 2.82. The SMILES string of the molecule is O=C(NCC1CCSC1)c1cc(Cl)ccc1Br. The Morgan fingerprint density at radius 1 is 1.59 bits per heavy atom. The van der Waals surface area contributed by atoms with Crippen molar-refractivity contribution in [1.82, 2.24) is 5.32 Å². The van der Waals surface area contributed by atoms with Crippen LogP contribution in [0.4, 0.5) is 0 Å². The van der Waals surface area contributed by atoms with Crippen molar-refractivity contribution < 1.29 is 4.79 Å². The number of hydrogen-bond acceptors (Lipinski definition) is 2. The van der Waals surface area contributed by atoms with Crippen LogP contribution in [-0.4, -0.2) is 24.0 Å². The van der Waals surface area contributed by atoms with Gasteiger partial charge in [-0.2, -0.15) is 11.8 Å². The van der Waals surface area contributed by atoms with Gasteiger partial charge in [-0.05, 0) is 58.0 Å². The molecule has 1 fully saturated rings. The van der Waals surface area contributed by atoms with Crippen molar-refractivity contribution in [1.29, 1.82) is 0 Å². The van der Waals surface area contributed by atoms with Crippen molar-refractivity contribution in [2.75, 3.05) is 18.1 Å². The van der Waals surface area contributed by atoms with Gasteiger partial charge in [0.1, 0.15) is 0 Å². The van der Waals surface area contributed by atoms with Crippen molar-refractivity contribution in [3.8, 4) is 0 Å². The number of hydrogen-bond donors (Lipinski definition) is 1. The molecule has 1 aromatic carbocycles. The fourth-order valence-corrected chi connectivity index (χ4v) is 3.63. The highest BCUT2D eigenvalue weighted by Gasteiger charge is 2.17. The van der Waals surface area contributed by atoms with Gasteiger partial charge in [-0.15, -0.1) is 0 Å². The summed E-state index contributed by atoms with van der Waals surface area (Å²) in [5.41, 5.74) is 0.600. The monoisotopic (exact) mass is 333 g/mol. The number of benzene rings is 1. The first-order valence-corrected chi connectivity index (χ1v) is 7.80. The molecule has 0 saturated carbocycles. The maximum Gasteiger partial charge on any atom is 0.252 e. The van der Waals surface area contributed by atoms with Crippen LogP contribution in [0.2, 0.25) is 5.02 Å². The molecule has 1 aromatic rings. The second-order valence-electron chi connectivity index (χ2n) is 4.06. The average molecular weight is 335 g/mol. The van der Waals surface area contributed by atoms with Crippen LogP contribution in [-0.2, 0) is 0 Å². The summed E-state index contributed by atoms with van der Waals surface area (Å²) in [5, 5.41) is 3.55. The van der Waals surface area contributed by atoms with Gasteiger partial charge in [0.15, 0.2) is 0 Å². The predicted molar refractivity (Wildman–Crippen MR) is 76.9 cm³/mol. The molecule has 17 heavy (non-hydrogen) atoms. The highest BCUT2D eigenvalue weighted by atomic mass is 79.9. The summed E-state index contributed by atoms with van der Waals surface area (Å²) in [4.78, 5) is 12.0. The number of thioether (sulfide) groups is 1. The van der Waals surface area contributed by atoms with Crippen LogP contribution in [0, 0.1) is 5.92 Å². The Morgan fingerprint density at radius 3 is 3.12 bits per heavy atom. The van der Waals surface area contributed by atoms with E-state index in [0.29, 0.717) is 16.5 Å². The quantitative estimate of drug-likeness (QED) is 0.915. The second kappa shape index (κ2) is 6.12. The normalized spacial score (nSPS) is 19.3. The third-order valence-electron chi connectivity index (χ3n) is 2.75. The summed E-state index contributed by atoms with van der Waals surface area (Å²) in [6, 6.07) is 5.24. The van der Waals surface area contributed by atoms with Gasteiger partial charge in [-0.25, -0.2) is 0 Å². The fraction of sp³-hybridized carbons (Fsp3) is 0.417. The van der Waals surface area contributed by atoms with Crippen LogP contribution in [0.25, 0.3) is 0 Å². The molecule has 0 aliphatic carbocycles. The lowest BCUT2D eigenvalue weighted by Gasteiger charge is -2.11. The van der Waals surface area contributed by atoms with Gasteiger partial charge in [0, 0.05) is 16.0 Å². The molecule has 2 nitrogen and oxygen atoms in total. The van der Waals surface area contributed by atoms with Crippen LogP contribution in [0.1, 0.15) is 16.8 Å². The Morgan fingerprint density at radius 2 is 2.41 bits per heavy atom. The minimum Gasteiger partial charge on any atom is -0.352 e. The first kappa shape index (κ1) is 13.2. The van der Waals surface area contributed by atoms with E-state index in [1.165, 1.54) is 12.2 Å². The number of rotatable bonds is 3. The first-order chi connectivity index (χ1) is 8.16. The lowest BCUT2D eigenvalue weighted by Crippen LogP contribution is -2.29. The standard InChI is InChI=1S/C12H13BrClNOS/c13-11-2-1-9(14)5-10(11)12(16)15-6-8-3-4-17-7-8/h1-2,5,8H,3-4,6-7H2,(H,15,16). The van der Waals surface area contributed by atoms with Crippen molar-refractivity contribution in [3.05, 3.63) is 33.3 Å². The Hall–Kier alpha value is -0.190. The van der Waals surface area contributed by atoms with E-state index >= 15 is 0 Å². The van der Waals surface area contributed by atoms with Gasteiger partial charge in [0.25, 0.3) is 5.91 Å². The topological polar surface area (TPSA) is 29.1 Å². The third-order valence-corrected chi connectivity index (χ3v) is 4.91. The van der Waals surface area contributed by atoms with Crippen molar-refractivity contribution in [3.63, 3.8) is 0 Å². The summed E-state index contributed by atoms with van der Waals surface area (Å²) < 4.78 is 0.778. The molecule has 1 unspecified atom stereocenters. The maximum absolute atomic E-state index is 12.0. The number of carbonyl (C=O) groups excluding carboxylic acids is 1. The highest BCUT2D eigenvalue weighted by Crippen LogP contribution is 2.23. The molecule has 1 atom stereocenters. The molecule has 1 aliphatic heterocycles. The Bertz CT molecular complexity index is 421. The molecule has 0 aromatic heterocycles. The van der Waals surface area contributed by atoms with E-state index in [1.807, 2.05) is 11.8 Å². The summed E-state index contributed by atoms with van der Waals surface area (Å²) >= 11 is 11.2. The zero-order valence-corrected chi connectivity index (χ0v) is 12.4. The van der Waals surface area contributed by atoms with Gasteiger partial charge < -0.3 is 5.32 Å². The molecule has 1 amide bonds. The van der Waals surface area contributed by atoms with Crippen LogP contribution in [0.15, 0.2) is 22.7 Å². The van der Waals surface area contributed by atoms with Crippen LogP contribution in [0.3, 0.4) is 0 Å². The van der Waals surface area contributed by atoms with Gasteiger partial charge in [0.05, 0.1) is 5.56 Å². The van der Waals surface area contributed by atoms with E-state index < -0.39 is 0 Å². The molecule has 0 radical (unpaired) electrons. The number of halogens is 2. The first-order valence-electron chi connectivity index (χ1n) is 5.48. The summed E-state index contributed by atoms with van der Waals surface area (Å²) in [7, 11) is 0. The van der Waals surface area contributed by atoms with Crippen molar-refractivity contribution in [2.45, 2.75) is 6.42 Å².